The summed E-state index contributed by atoms with van der Waals surface area (Å²) in [6.07, 6.45) is 3.34. The third-order valence-corrected chi connectivity index (χ3v) is 1.49. The first-order chi connectivity index (χ1) is 4.56. The normalized spacial score (nSPS) is 10.9. The number of rotatable bonds is 5. The third kappa shape index (κ3) is 13.0. The third-order valence-electron chi connectivity index (χ3n) is 1.49. The van der Waals surface area contributed by atoms with Gasteiger partial charge in [0.1, 0.15) is 0 Å². The molecule has 0 radical (unpaired) electrons. The Morgan fingerprint density at radius 3 is 1.91 bits per heavy atom. The van der Waals surface area contributed by atoms with Gasteiger partial charge in [-0.2, -0.15) is 0 Å². The molecular weight excluding hydrogens is 142 g/mol. The van der Waals surface area contributed by atoms with E-state index in [1.165, 1.54) is 13.0 Å². The second-order valence-corrected chi connectivity index (χ2v) is 3.80. The second-order valence-electron chi connectivity index (χ2n) is 3.80. The van der Waals surface area contributed by atoms with Gasteiger partial charge in [0, 0.05) is 6.61 Å². The number of hydrogen-bond acceptors (Lipinski definition) is 2. The predicted molar refractivity (Wildman–Crippen MR) is 45.8 cm³/mol. The Labute approximate surface area is 69.5 Å². The van der Waals surface area contributed by atoms with E-state index >= 15 is 0 Å². The quantitative estimate of drug-likeness (QED) is 0.478. The van der Waals surface area contributed by atoms with Gasteiger partial charge in [0.25, 0.3) is 0 Å². The maximum absolute atomic E-state index is 8.49. The first-order valence-corrected chi connectivity index (χ1v) is 3.97. The molecule has 0 aliphatic carbocycles. The van der Waals surface area contributed by atoms with E-state index in [2.05, 4.69) is 21.1 Å². The van der Waals surface area contributed by atoms with Crippen LogP contribution in [0.15, 0.2) is 0 Å². The Balaban J connectivity index is 0. The molecule has 0 aromatic carbocycles. The number of nitrogens with zero attached hydrogens (tertiary/aromatic N) is 1. The van der Waals surface area contributed by atoms with Crippen molar-refractivity contribution in [2.45, 2.75) is 19.3 Å². The zero-order valence-electron chi connectivity index (χ0n) is 7.88. The molecule has 3 nitrogen and oxygen atoms in total. The maximum atomic E-state index is 8.49. The molecule has 0 amide bonds. The molecule has 0 heterocycles. The van der Waals surface area contributed by atoms with E-state index in [9.17, 15) is 0 Å². The van der Waals surface area contributed by atoms with Crippen LogP contribution in [0.1, 0.15) is 19.3 Å². The Kier molecular flexibility index (Phi) is 8.06. The van der Waals surface area contributed by atoms with Crippen molar-refractivity contribution >= 4 is 0 Å². The van der Waals surface area contributed by atoms with Crippen LogP contribution in [0.4, 0.5) is 0 Å². The number of aliphatic hydroxyl groups is 1. The Morgan fingerprint density at radius 1 is 1.00 bits per heavy atom. The van der Waals surface area contributed by atoms with Crippen molar-refractivity contribution in [2.75, 3.05) is 34.3 Å². The van der Waals surface area contributed by atoms with Gasteiger partial charge in [-0.3, -0.25) is 0 Å². The van der Waals surface area contributed by atoms with Crippen LogP contribution < -0.4 is 0 Å². The fraction of sp³-hybridized carbons (Fsp3) is 1.00. The van der Waals surface area contributed by atoms with Crippen molar-refractivity contribution in [1.29, 1.82) is 0 Å². The second kappa shape index (κ2) is 6.58. The summed E-state index contributed by atoms with van der Waals surface area (Å²) < 4.78 is 1.03. The van der Waals surface area contributed by atoms with Gasteiger partial charge in [-0.05, 0) is 19.3 Å². The van der Waals surface area contributed by atoms with Crippen LogP contribution >= 0.6 is 0 Å². The smallest absolute Gasteiger partial charge is 0.0780 e. The minimum atomic E-state index is 0. The molecule has 0 saturated heterocycles. The average Bonchev–Trinajstić information content (AvgIpc) is 1.78. The van der Waals surface area contributed by atoms with E-state index in [1.54, 1.807) is 0 Å². The molecule has 0 atom stereocenters. The largest absolute Gasteiger partial charge is 0.870 e. The molecule has 0 saturated carbocycles. The van der Waals surface area contributed by atoms with Crippen molar-refractivity contribution in [3.8, 4) is 0 Å². The van der Waals surface area contributed by atoms with Crippen LogP contribution in [0.5, 0.6) is 0 Å². The number of unbranched alkanes of at least 4 members (excludes halogenated alkanes) is 2. The highest BCUT2D eigenvalue weighted by molar-refractivity contribution is 4.38. The van der Waals surface area contributed by atoms with E-state index in [4.69, 9.17) is 5.11 Å². The number of hydrogen-bond donors (Lipinski definition) is 1. The van der Waals surface area contributed by atoms with Crippen molar-refractivity contribution < 1.29 is 15.1 Å². The minimum absolute atomic E-state index is 0. The van der Waals surface area contributed by atoms with E-state index in [-0.39, 0.29) is 5.48 Å². The minimum Gasteiger partial charge on any atom is -0.870 e. The molecule has 0 spiro atoms. The van der Waals surface area contributed by atoms with Gasteiger partial charge in [0.05, 0.1) is 27.7 Å². The zero-order valence-corrected chi connectivity index (χ0v) is 7.88. The summed E-state index contributed by atoms with van der Waals surface area (Å²) in [5.74, 6) is 0. The first-order valence-electron chi connectivity index (χ1n) is 3.97. The number of aliphatic hydroxyl groups excluding tert-OH is 1. The Morgan fingerprint density at radius 2 is 1.55 bits per heavy atom. The molecular formula is C8H21NO2. The summed E-state index contributed by atoms with van der Waals surface area (Å²) >= 11 is 0. The highest BCUT2D eigenvalue weighted by Gasteiger charge is 2.04. The van der Waals surface area contributed by atoms with Crippen LogP contribution in [0, 0.1) is 0 Å². The van der Waals surface area contributed by atoms with Crippen LogP contribution in [0.3, 0.4) is 0 Å². The average molecular weight is 163 g/mol. The molecule has 0 aliphatic heterocycles. The van der Waals surface area contributed by atoms with Crippen LogP contribution in [0.2, 0.25) is 0 Å². The molecule has 2 N–H and O–H groups in total. The Bertz CT molecular complexity index is 78.7. The molecule has 70 valence electrons. The molecule has 0 unspecified atom stereocenters. The standard InChI is InChI=1S/C8H20NO.H2O/c1-9(2,3)7-5-4-6-8-10;/h10H,4-8H2,1-3H3;1H2/q+1;/p-1. The molecule has 11 heavy (non-hydrogen) atoms. The van der Waals surface area contributed by atoms with Crippen LogP contribution in [0.25, 0.3) is 0 Å². The molecule has 3 heteroatoms. The SMILES string of the molecule is C[N+](C)(C)CCCCCO.[OH-]. The fourth-order valence-corrected chi connectivity index (χ4v) is 0.875. The molecule has 0 bridgehead atoms. The molecule has 0 aromatic rings. The lowest BCUT2D eigenvalue weighted by molar-refractivity contribution is -0.870. The summed E-state index contributed by atoms with van der Waals surface area (Å²) in [6, 6.07) is 0. The Hall–Kier alpha value is -0.120. The molecule has 0 fully saturated rings. The van der Waals surface area contributed by atoms with E-state index in [1.807, 2.05) is 0 Å². The van der Waals surface area contributed by atoms with Gasteiger partial charge in [0.2, 0.25) is 0 Å². The maximum Gasteiger partial charge on any atom is 0.0780 e. The van der Waals surface area contributed by atoms with Gasteiger partial charge in [-0.25, -0.2) is 0 Å². The van der Waals surface area contributed by atoms with Crippen molar-refractivity contribution in [3.05, 3.63) is 0 Å². The van der Waals surface area contributed by atoms with Gasteiger partial charge >= 0.3 is 0 Å². The predicted octanol–water partition coefficient (Wildman–Crippen LogP) is 0.678. The fourth-order valence-electron chi connectivity index (χ4n) is 0.875. The monoisotopic (exact) mass is 163 g/mol. The summed E-state index contributed by atoms with van der Waals surface area (Å²) in [4.78, 5) is 0. The summed E-state index contributed by atoms with van der Waals surface area (Å²) in [5, 5.41) is 8.49. The first kappa shape index (κ1) is 13.5. The topological polar surface area (TPSA) is 50.2 Å². The van der Waals surface area contributed by atoms with Crippen LogP contribution in [-0.2, 0) is 0 Å². The van der Waals surface area contributed by atoms with Crippen molar-refractivity contribution in [3.63, 3.8) is 0 Å². The van der Waals surface area contributed by atoms with Gasteiger partial charge in [-0.1, -0.05) is 0 Å². The summed E-state index contributed by atoms with van der Waals surface area (Å²) in [6.45, 7) is 1.55. The highest BCUT2D eigenvalue weighted by atomic mass is 16.2. The van der Waals surface area contributed by atoms with Gasteiger partial charge in [-0.15, -0.1) is 0 Å². The lowest BCUT2D eigenvalue weighted by Crippen LogP contribution is -2.35. The van der Waals surface area contributed by atoms with Crippen LogP contribution in [-0.4, -0.2) is 49.4 Å². The molecule has 0 aliphatic rings. The van der Waals surface area contributed by atoms with Gasteiger partial charge in [0.15, 0.2) is 0 Å². The van der Waals surface area contributed by atoms with Crippen molar-refractivity contribution in [1.82, 2.24) is 0 Å². The zero-order chi connectivity index (χ0) is 8.04. The van der Waals surface area contributed by atoms with E-state index in [0.29, 0.717) is 6.61 Å². The lowest BCUT2D eigenvalue weighted by atomic mass is 10.2. The van der Waals surface area contributed by atoms with E-state index in [0.717, 1.165) is 17.3 Å². The summed E-state index contributed by atoms with van der Waals surface area (Å²) in [7, 11) is 6.58. The van der Waals surface area contributed by atoms with Gasteiger partial charge < -0.3 is 15.1 Å². The summed E-state index contributed by atoms with van der Waals surface area (Å²) in [5.41, 5.74) is 0. The molecule has 0 aromatic heterocycles. The number of quaternary nitrogens is 1. The lowest BCUT2D eigenvalue weighted by Gasteiger charge is -2.23. The molecule has 0 rings (SSSR count). The van der Waals surface area contributed by atoms with Crippen molar-refractivity contribution in [2.24, 2.45) is 0 Å². The van der Waals surface area contributed by atoms with E-state index < -0.39 is 0 Å². The highest BCUT2D eigenvalue weighted by Crippen LogP contribution is 1.99.